The van der Waals surface area contributed by atoms with Gasteiger partial charge in [0.05, 0.1) is 0 Å². The summed E-state index contributed by atoms with van der Waals surface area (Å²) in [6.45, 7) is 9.68. The fraction of sp³-hybridized carbons (Fsp3) is 0.407. The summed E-state index contributed by atoms with van der Waals surface area (Å²) in [5.41, 5.74) is 5.91. The van der Waals surface area contributed by atoms with E-state index in [9.17, 15) is 13.2 Å². The number of aryl methyl sites for hydroxylation is 3. The summed E-state index contributed by atoms with van der Waals surface area (Å²) in [7, 11) is -3.75. The number of rotatable bonds is 5. The van der Waals surface area contributed by atoms with Gasteiger partial charge in [-0.3, -0.25) is 4.79 Å². The van der Waals surface area contributed by atoms with Crippen LogP contribution >= 0.6 is 0 Å². The van der Waals surface area contributed by atoms with Gasteiger partial charge in [0.15, 0.2) is 0 Å². The number of benzene rings is 2. The highest BCUT2D eigenvalue weighted by Crippen LogP contribution is 2.35. The molecule has 0 saturated carbocycles. The first-order valence-corrected chi connectivity index (χ1v) is 13.4. The van der Waals surface area contributed by atoms with E-state index in [0.29, 0.717) is 54.4 Å². The van der Waals surface area contributed by atoms with E-state index < -0.39 is 10.0 Å². The van der Waals surface area contributed by atoms with Crippen LogP contribution in [0.3, 0.4) is 0 Å². The number of sulfonamides is 1. The quantitative estimate of drug-likeness (QED) is 0.691. The lowest BCUT2D eigenvalue weighted by Crippen LogP contribution is -2.43. The molecule has 0 unspecified atom stereocenters. The Bertz CT molecular complexity index is 1250. The van der Waals surface area contributed by atoms with Gasteiger partial charge in [-0.05, 0) is 67.9 Å². The van der Waals surface area contributed by atoms with E-state index in [1.54, 1.807) is 0 Å². The normalized spacial score (nSPS) is 18.2. The van der Waals surface area contributed by atoms with Crippen LogP contribution in [-0.4, -0.2) is 38.2 Å². The topological polar surface area (TPSA) is 78.8 Å². The van der Waals surface area contributed by atoms with E-state index in [4.69, 9.17) is 0 Å². The Morgan fingerprint density at radius 3 is 2.26 bits per heavy atom. The maximum atomic E-state index is 12.9. The van der Waals surface area contributed by atoms with E-state index in [-0.39, 0.29) is 11.8 Å². The fourth-order valence-electron chi connectivity index (χ4n) is 4.65. The van der Waals surface area contributed by atoms with Gasteiger partial charge in [0, 0.05) is 31.1 Å². The molecule has 0 atom stereocenters. The van der Waals surface area contributed by atoms with Gasteiger partial charge >= 0.3 is 0 Å². The number of nitrogens with zero attached hydrogens (tertiary/aromatic N) is 2. The number of hydrogen-bond donors (Lipinski definition) is 1. The minimum absolute atomic E-state index is 0.0586. The first-order valence-electron chi connectivity index (χ1n) is 11.9. The fourth-order valence-corrected chi connectivity index (χ4v) is 6.12. The van der Waals surface area contributed by atoms with Crippen molar-refractivity contribution < 1.29 is 13.2 Å². The molecule has 0 radical (unpaired) electrons. The monoisotopic (exact) mass is 479 g/mol. The van der Waals surface area contributed by atoms with E-state index in [1.807, 2.05) is 43.9 Å². The summed E-state index contributed by atoms with van der Waals surface area (Å²) in [6, 6.07) is 14.0. The average Bonchev–Trinajstić information content (AvgIpc) is 3.08. The molecule has 0 bridgehead atoms. The van der Waals surface area contributed by atoms with Gasteiger partial charge in [-0.15, -0.1) is 4.40 Å². The van der Waals surface area contributed by atoms with Crippen LogP contribution in [0.25, 0.3) is 4.91 Å². The third-order valence-electron chi connectivity index (χ3n) is 6.97. The highest BCUT2D eigenvalue weighted by Gasteiger charge is 2.35. The minimum Gasteiger partial charge on any atom is -0.356 e. The van der Waals surface area contributed by atoms with Crippen molar-refractivity contribution in [1.82, 2.24) is 10.2 Å². The second-order valence-electron chi connectivity index (χ2n) is 9.29. The van der Waals surface area contributed by atoms with Crippen molar-refractivity contribution in [3.8, 4) is 0 Å². The van der Waals surface area contributed by atoms with Crippen molar-refractivity contribution in [2.45, 2.75) is 53.5 Å². The number of nitrogens with one attached hydrogen (secondary N) is 1. The summed E-state index contributed by atoms with van der Waals surface area (Å²) in [5, 5.41) is 3.06. The second-order valence-corrected chi connectivity index (χ2v) is 10.8. The standard InChI is InChI=1S/C27H33N3O3S/c1-5-21-7-9-22(10-8-21)17-28-27(31)23-12-14-30(15-13-23)26-20(4)25(34(32,33)29-26)24-11-6-18(2)19(3)16-24/h6-11,16,23H,5,12-15,17H2,1-4H3,(H,28,31). The first kappa shape index (κ1) is 24.2. The highest BCUT2D eigenvalue weighted by atomic mass is 32.2. The predicted octanol–water partition coefficient (Wildman–Crippen LogP) is 4.37. The Morgan fingerprint density at radius 1 is 1.00 bits per heavy atom. The van der Waals surface area contributed by atoms with Crippen molar-refractivity contribution in [1.29, 1.82) is 0 Å². The van der Waals surface area contributed by atoms with E-state index >= 15 is 0 Å². The largest absolute Gasteiger partial charge is 0.356 e. The van der Waals surface area contributed by atoms with Crippen LogP contribution in [0.5, 0.6) is 0 Å². The molecule has 2 heterocycles. The zero-order chi connectivity index (χ0) is 24.5. The smallest absolute Gasteiger partial charge is 0.285 e. The van der Waals surface area contributed by atoms with Gasteiger partial charge < -0.3 is 10.2 Å². The highest BCUT2D eigenvalue weighted by molar-refractivity contribution is 8.00. The molecule has 6 nitrogen and oxygen atoms in total. The Balaban J connectivity index is 1.39. The maximum absolute atomic E-state index is 12.9. The molecular formula is C27H33N3O3S. The molecule has 0 aliphatic carbocycles. The Morgan fingerprint density at radius 2 is 1.65 bits per heavy atom. The number of likely N-dealkylation sites (tertiary alicyclic amines) is 1. The third kappa shape index (κ3) is 4.94. The number of amides is 1. The van der Waals surface area contributed by atoms with E-state index in [1.165, 1.54) is 5.56 Å². The zero-order valence-electron chi connectivity index (χ0n) is 20.4. The van der Waals surface area contributed by atoms with E-state index in [2.05, 4.69) is 40.9 Å². The summed E-state index contributed by atoms with van der Waals surface area (Å²) in [4.78, 5) is 15.0. The van der Waals surface area contributed by atoms with Gasteiger partial charge in [0.25, 0.3) is 10.0 Å². The lowest BCUT2D eigenvalue weighted by molar-refractivity contribution is -0.126. The molecule has 180 valence electrons. The number of carbonyl (C=O) groups is 1. The van der Waals surface area contributed by atoms with Crippen molar-refractivity contribution in [3.05, 3.63) is 75.9 Å². The van der Waals surface area contributed by atoms with Crippen LogP contribution in [0.4, 0.5) is 0 Å². The maximum Gasteiger partial charge on any atom is 0.285 e. The van der Waals surface area contributed by atoms with Crippen LogP contribution in [0.1, 0.15) is 54.5 Å². The van der Waals surface area contributed by atoms with Gasteiger partial charge in [-0.2, -0.15) is 8.42 Å². The summed E-state index contributed by atoms with van der Waals surface area (Å²) in [5.74, 6) is 0.500. The number of hydrogen-bond acceptors (Lipinski definition) is 4. The van der Waals surface area contributed by atoms with Gasteiger partial charge in [-0.25, -0.2) is 0 Å². The second kappa shape index (κ2) is 9.74. The Kier molecular flexibility index (Phi) is 6.94. The predicted molar refractivity (Wildman–Crippen MR) is 137 cm³/mol. The molecule has 0 spiro atoms. The van der Waals surface area contributed by atoms with Gasteiger partial charge in [0.1, 0.15) is 10.7 Å². The molecular weight excluding hydrogens is 446 g/mol. The molecule has 1 saturated heterocycles. The van der Waals surface area contributed by atoms with Crippen LogP contribution < -0.4 is 5.32 Å². The van der Waals surface area contributed by atoms with Crippen LogP contribution in [0.15, 0.2) is 52.4 Å². The van der Waals surface area contributed by atoms with Crippen LogP contribution in [0.2, 0.25) is 0 Å². The zero-order valence-corrected chi connectivity index (χ0v) is 21.2. The molecule has 2 aliphatic heterocycles. The molecule has 7 heteroatoms. The molecule has 0 aromatic heterocycles. The van der Waals surface area contributed by atoms with Crippen molar-refractivity contribution in [2.75, 3.05) is 13.1 Å². The number of amidine groups is 1. The molecule has 34 heavy (non-hydrogen) atoms. The van der Waals surface area contributed by atoms with Crippen molar-refractivity contribution in [2.24, 2.45) is 10.3 Å². The lowest BCUT2D eigenvalue weighted by atomic mass is 9.95. The van der Waals surface area contributed by atoms with Crippen LogP contribution in [-0.2, 0) is 27.8 Å². The summed E-state index contributed by atoms with van der Waals surface area (Å²) < 4.78 is 30.0. The Labute approximate surface area is 202 Å². The van der Waals surface area contributed by atoms with E-state index in [0.717, 1.165) is 23.1 Å². The lowest BCUT2D eigenvalue weighted by Gasteiger charge is -2.32. The number of piperidine rings is 1. The molecule has 1 fully saturated rings. The molecule has 1 amide bonds. The summed E-state index contributed by atoms with van der Waals surface area (Å²) >= 11 is 0. The molecule has 2 aliphatic rings. The van der Waals surface area contributed by atoms with Gasteiger partial charge in [0.2, 0.25) is 5.91 Å². The minimum atomic E-state index is -3.75. The third-order valence-corrected chi connectivity index (χ3v) is 8.44. The van der Waals surface area contributed by atoms with Crippen molar-refractivity contribution >= 4 is 26.7 Å². The first-order chi connectivity index (χ1) is 16.2. The molecule has 1 N–H and O–H groups in total. The molecule has 2 aromatic carbocycles. The summed E-state index contributed by atoms with van der Waals surface area (Å²) in [6.07, 6.45) is 2.34. The molecule has 2 aromatic rings. The van der Waals surface area contributed by atoms with Crippen molar-refractivity contribution in [3.63, 3.8) is 0 Å². The Hall–Kier alpha value is -2.93. The average molecular weight is 480 g/mol. The van der Waals surface area contributed by atoms with Crippen LogP contribution in [0, 0.1) is 19.8 Å². The number of carbonyl (C=O) groups excluding carboxylic acids is 1. The van der Waals surface area contributed by atoms with Gasteiger partial charge in [-0.1, -0.05) is 49.4 Å². The molecule has 4 rings (SSSR count). The SMILES string of the molecule is CCc1ccc(CNC(=O)C2CCN(C3=NS(=O)(=O)C(c4ccc(C)c(C)c4)=C3C)CC2)cc1.